The van der Waals surface area contributed by atoms with Crippen LogP contribution in [-0.2, 0) is 4.43 Å². The Balaban J connectivity index is 2.30. The fourth-order valence-corrected chi connectivity index (χ4v) is 0. The van der Waals surface area contributed by atoms with E-state index >= 15 is 0 Å². The van der Waals surface area contributed by atoms with Crippen LogP contribution in [0.25, 0.3) is 0 Å². The average molecular weight is 73.1 g/mol. The predicted octanol–water partition coefficient (Wildman–Crippen LogP) is -0.316. The van der Waals surface area contributed by atoms with Gasteiger partial charge < -0.3 is 4.43 Å². The van der Waals surface area contributed by atoms with Crippen LogP contribution in [0.4, 0.5) is 0 Å². The molecule has 0 saturated carbocycles. The zero-order valence-electron chi connectivity index (χ0n) is 2.62. The Morgan fingerprint density at radius 1 is 2.00 bits per heavy atom. The van der Waals surface area contributed by atoms with E-state index in [4.69, 9.17) is 0 Å². The second-order valence-corrected chi connectivity index (χ2v) is 1.05. The van der Waals surface area contributed by atoms with Gasteiger partial charge in [-0.1, -0.05) is 6.17 Å². The van der Waals surface area contributed by atoms with Crippen molar-refractivity contribution in [2.45, 2.75) is 0 Å². The van der Waals surface area contributed by atoms with Gasteiger partial charge in [0, 0.05) is 0 Å². The maximum atomic E-state index is 4.46. The standard InChI is InChI=1S/C2H5OSi/c1-3-4-2/h2H2,1H3. The number of hydrogen-bond acceptors (Lipinski definition) is 1. The summed E-state index contributed by atoms with van der Waals surface area (Å²) in [4.78, 5) is 0. The van der Waals surface area contributed by atoms with Crippen molar-refractivity contribution in [2.75, 3.05) is 7.11 Å². The lowest BCUT2D eigenvalue weighted by Crippen LogP contribution is -1.73. The SMILES string of the molecule is C=[Si]OC. The molecule has 0 atom stereocenters. The minimum absolute atomic E-state index is 0.390. The van der Waals surface area contributed by atoms with Crippen LogP contribution in [0, 0.1) is 0 Å². The molecule has 0 aliphatic rings. The molecule has 0 N–H and O–H groups in total. The molecule has 0 fully saturated rings. The molecule has 23 valence electrons. The molecule has 0 aromatic carbocycles. The van der Waals surface area contributed by atoms with Crippen molar-refractivity contribution in [2.24, 2.45) is 0 Å². The van der Waals surface area contributed by atoms with E-state index in [9.17, 15) is 0 Å². The minimum Gasteiger partial charge on any atom is -0.551 e. The molecule has 0 aromatic rings. The quantitative estimate of drug-likeness (QED) is 0.387. The summed E-state index contributed by atoms with van der Waals surface area (Å²) in [5.41, 5.74) is 0. The fourth-order valence-electron chi connectivity index (χ4n) is 0. The summed E-state index contributed by atoms with van der Waals surface area (Å²) >= 11 is 0. The van der Waals surface area contributed by atoms with Crippen molar-refractivity contribution in [3.05, 3.63) is 0 Å². The van der Waals surface area contributed by atoms with Gasteiger partial charge in [0.2, 0.25) is 0 Å². The van der Waals surface area contributed by atoms with Crippen LogP contribution in [0.1, 0.15) is 0 Å². The summed E-state index contributed by atoms with van der Waals surface area (Å²) in [6, 6.07) is 0. The molecule has 1 nitrogen and oxygen atoms in total. The van der Waals surface area contributed by atoms with Crippen molar-refractivity contribution in [3.63, 3.8) is 0 Å². The van der Waals surface area contributed by atoms with Crippen molar-refractivity contribution >= 4 is 15.6 Å². The lowest BCUT2D eigenvalue weighted by Gasteiger charge is -1.71. The van der Waals surface area contributed by atoms with E-state index in [-0.39, 0.29) is 0 Å². The summed E-state index contributed by atoms with van der Waals surface area (Å²) in [5.74, 6) is 0. The maximum Gasteiger partial charge on any atom is 0.273 e. The maximum absolute atomic E-state index is 4.46. The summed E-state index contributed by atoms with van der Waals surface area (Å²) in [6.45, 7) is 0. The van der Waals surface area contributed by atoms with E-state index in [0.29, 0.717) is 9.38 Å². The van der Waals surface area contributed by atoms with Gasteiger partial charge in [0.15, 0.2) is 0 Å². The highest BCUT2D eigenvalue weighted by molar-refractivity contribution is 6.33. The van der Waals surface area contributed by atoms with Crippen LogP contribution in [-0.4, -0.2) is 22.7 Å². The average Bonchev–Trinajstić information content (AvgIpc) is 1.37. The van der Waals surface area contributed by atoms with Crippen LogP contribution in [0.2, 0.25) is 0 Å². The molecule has 0 spiro atoms. The zero-order chi connectivity index (χ0) is 3.41. The van der Waals surface area contributed by atoms with Gasteiger partial charge in [0.05, 0.1) is 7.11 Å². The summed E-state index contributed by atoms with van der Waals surface area (Å²) < 4.78 is 4.46. The monoisotopic (exact) mass is 73.0 g/mol. The van der Waals surface area contributed by atoms with Crippen molar-refractivity contribution < 1.29 is 4.43 Å². The number of hydrogen-bond donors (Lipinski definition) is 0. The van der Waals surface area contributed by atoms with Gasteiger partial charge in [-0.15, -0.1) is 0 Å². The molecule has 0 aromatic heterocycles. The molecule has 4 heavy (non-hydrogen) atoms. The third-order valence-corrected chi connectivity index (χ3v) is 0.433. The normalized spacial score (nSPS) is 5.25. The van der Waals surface area contributed by atoms with E-state index in [2.05, 4.69) is 10.6 Å². The van der Waals surface area contributed by atoms with Gasteiger partial charge in [-0.05, 0) is 0 Å². The third-order valence-electron chi connectivity index (χ3n) is 0.144. The highest BCUT2D eigenvalue weighted by Crippen LogP contribution is 1.32. The molecule has 1 radical (unpaired) electrons. The topological polar surface area (TPSA) is 9.23 Å². The van der Waals surface area contributed by atoms with Crippen LogP contribution in [0.15, 0.2) is 0 Å². The van der Waals surface area contributed by atoms with E-state index in [0.717, 1.165) is 0 Å². The molecule has 2 heteroatoms. The first-order chi connectivity index (χ1) is 1.91. The van der Waals surface area contributed by atoms with Gasteiger partial charge in [-0.25, -0.2) is 0 Å². The van der Waals surface area contributed by atoms with Crippen molar-refractivity contribution in [3.8, 4) is 0 Å². The smallest absolute Gasteiger partial charge is 0.273 e. The van der Waals surface area contributed by atoms with Gasteiger partial charge >= 0.3 is 0 Å². The van der Waals surface area contributed by atoms with Crippen molar-refractivity contribution in [1.29, 1.82) is 0 Å². The molecule has 0 amide bonds. The Labute approximate surface area is 28.2 Å². The van der Waals surface area contributed by atoms with E-state index in [1.54, 1.807) is 7.11 Å². The second kappa shape index (κ2) is 2.89. The summed E-state index contributed by atoms with van der Waals surface area (Å²) in [7, 11) is 2.02. The highest BCUT2D eigenvalue weighted by Gasteiger charge is 1.42. The second-order valence-electron chi connectivity index (χ2n) is 0.348. The Kier molecular flexibility index (Phi) is 2.81. The Bertz CT molecular complexity index is 20.0. The molecule has 0 rings (SSSR count). The minimum atomic E-state index is 0.390. The summed E-state index contributed by atoms with van der Waals surface area (Å²) in [5, 5.41) is 0. The van der Waals surface area contributed by atoms with Crippen LogP contribution >= 0.6 is 0 Å². The Hall–Kier alpha value is -0.113. The van der Waals surface area contributed by atoms with E-state index in [1.807, 2.05) is 0 Å². The first kappa shape index (κ1) is 3.89. The first-order valence-corrected chi connectivity index (χ1v) is 2.08. The molecule has 0 aliphatic carbocycles. The fraction of sp³-hybridized carbons (Fsp3) is 0.500. The molecule has 0 bridgehead atoms. The first-order valence-electron chi connectivity index (χ1n) is 0.966. The lowest BCUT2D eigenvalue weighted by molar-refractivity contribution is 0.457. The molecular formula is C2H5OSi. The van der Waals surface area contributed by atoms with E-state index < -0.39 is 0 Å². The van der Waals surface area contributed by atoms with Gasteiger partial charge in [0.25, 0.3) is 9.38 Å². The Morgan fingerprint density at radius 3 is 2.25 bits per heavy atom. The molecule has 0 aliphatic heterocycles. The van der Waals surface area contributed by atoms with Gasteiger partial charge in [-0.3, -0.25) is 0 Å². The zero-order valence-corrected chi connectivity index (χ0v) is 3.62. The van der Waals surface area contributed by atoms with Gasteiger partial charge in [0.1, 0.15) is 0 Å². The molecule has 0 saturated heterocycles. The molecule has 0 unspecified atom stereocenters. The predicted molar refractivity (Wildman–Crippen MR) is 19.9 cm³/mol. The lowest BCUT2D eigenvalue weighted by atomic mass is 11.8. The number of rotatable bonds is 1. The molecular weight excluding hydrogens is 68.1 g/mol. The largest absolute Gasteiger partial charge is 0.551 e. The Morgan fingerprint density at radius 2 is 2.25 bits per heavy atom. The summed E-state index contributed by atoms with van der Waals surface area (Å²) in [6.07, 6.45) is 3.41. The van der Waals surface area contributed by atoms with Crippen LogP contribution in [0.3, 0.4) is 0 Å². The van der Waals surface area contributed by atoms with E-state index in [1.165, 1.54) is 0 Å². The molecule has 0 heterocycles. The van der Waals surface area contributed by atoms with Crippen molar-refractivity contribution in [1.82, 2.24) is 0 Å². The third kappa shape index (κ3) is 1.89. The van der Waals surface area contributed by atoms with Gasteiger partial charge in [-0.2, -0.15) is 0 Å². The highest BCUT2D eigenvalue weighted by atomic mass is 28.2. The van der Waals surface area contributed by atoms with Crippen LogP contribution in [0.5, 0.6) is 0 Å². The van der Waals surface area contributed by atoms with Crippen LogP contribution < -0.4 is 0 Å².